The van der Waals surface area contributed by atoms with Crippen molar-refractivity contribution in [3.8, 4) is 0 Å². The molecule has 0 unspecified atom stereocenters. The van der Waals surface area contributed by atoms with E-state index in [-0.39, 0.29) is 0 Å². The van der Waals surface area contributed by atoms with Gasteiger partial charge in [-0.05, 0) is 0 Å². The van der Waals surface area contributed by atoms with Crippen molar-refractivity contribution in [2.75, 3.05) is 0 Å². The molecule has 0 radical (unpaired) electrons. The van der Waals surface area contributed by atoms with E-state index in [2.05, 4.69) is 0 Å². The molecule has 0 aliphatic heterocycles. The molecule has 0 atom stereocenters. The van der Waals surface area contributed by atoms with E-state index >= 15 is 0 Å². The zero-order valence-corrected chi connectivity index (χ0v) is 6.31. The SMILES string of the molecule is O=C(O)C=CC1C(F)(F)CC1(F)F. The van der Waals surface area contributed by atoms with Crippen molar-refractivity contribution in [2.45, 2.75) is 18.3 Å². The molecular weight excluding hydrogens is 192 g/mol. The van der Waals surface area contributed by atoms with Gasteiger partial charge < -0.3 is 5.11 Å². The molecule has 0 aromatic heterocycles. The van der Waals surface area contributed by atoms with Crippen LogP contribution >= 0.6 is 0 Å². The van der Waals surface area contributed by atoms with Gasteiger partial charge in [-0.3, -0.25) is 0 Å². The minimum atomic E-state index is -3.49. The molecule has 0 spiro atoms. The zero-order chi connectivity index (χ0) is 10.3. The molecule has 0 aromatic carbocycles. The van der Waals surface area contributed by atoms with E-state index in [1.165, 1.54) is 0 Å². The van der Waals surface area contributed by atoms with Crippen LogP contribution in [0.4, 0.5) is 17.6 Å². The molecule has 1 saturated carbocycles. The highest BCUT2D eigenvalue weighted by Gasteiger charge is 2.67. The lowest BCUT2D eigenvalue weighted by atomic mass is 9.76. The van der Waals surface area contributed by atoms with Crippen LogP contribution in [-0.4, -0.2) is 22.9 Å². The Morgan fingerprint density at radius 1 is 1.31 bits per heavy atom. The lowest BCUT2D eigenvalue weighted by Crippen LogP contribution is -2.55. The van der Waals surface area contributed by atoms with Gasteiger partial charge in [-0.15, -0.1) is 0 Å². The quantitative estimate of drug-likeness (QED) is 0.543. The number of hydrogen-bond acceptors (Lipinski definition) is 1. The fraction of sp³-hybridized carbons (Fsp3) is 0.571. The number of allylic oxidation sites excluding steroid dienone is 1. The monoisotopic (exact) mass is 198 g/mol. The predicted molar refractivity (Wildman–Crippen MR) is 34.8 cm³/mol. The number of aliphatic carboxylic acids is 1. The van der Waals surface area contributed by atoms with Crippen molar-refractivity contribution in [3.63, 3.8) is 0 Å². The minimum Gasteiger partial charge on any atom is -0.478 e. The lowest BCUT2D eigenvalue weighted by molar-refractivity contribution is -0.266. The fourth-order valence-electron chi connectivity index (χ4n) is 1.17. The van der Waals surface area contributed by atoms with Crippen LogP contribution in [-0.2, 0) is 4.79 Å². The highest BCUT2D eigenvalue weighted by molar-refractivity contribution is 5.79. The third-order valence-electron chi connectivity index (χ3n) is 1.81. The molecule has 1 N–H and O–H groups in total. The van der Waals surface area contributed by atoms with Gasteiger partial charge in [0.1, 0.15) is 5.92 Å². The highest BCUT2D eigenvalue weighted by Crippen LogP contribution is 2.54. The van der Waals surface area contributed by atoms with Crippen molar-refractivity contribution in [1.29, 1.82) is 0 Å². The number of rotatable bonds is 2. The van der Waals surface area contributed by atoms with Gasteiger partial charge in [0, 0.05) is 6.08 Å². The van der Waals surface area contributed by atoms with Gasteiger partial charge in [-0.2, -0.15) is 0 Å². The van der Waals surface area contributed by atoms with Gasteiger partial charge in [0.15, 0.2) is 0 Å². The molecule has 1 aliphatic rings. The first-order valence-corrected chi connectivity index (χ1v) is 3.42. The van der Waals surface area contributed by atoms with Crippen LogP contribution in [0.15, 0.2) is 12.2 Å². The van der Waals surface area contributed by atoms with Crippen molar-refractivity contribution in [1.82, 2.24) is 0 Å². The molecule has 6 heteroatoms. The molecule has 13 heavy (non-hydrogen) atoms. The zero-order valence-electron chi connectivity index (χ0n) is 6.31. The number of hydrogen-bond donors (Lipinski definition) is 1. The topological polar surface area (TPSA) is 37.3 Å². The first kappa shape index (κ1) is 10.0. The fourth-order valence-corrected chi connectivity index (χ4v) is 1.17. The van der Waals surface area contributed by atoms with Gasteiger partial charge in [0.05, 0.1) is 6.42 Å². The van der Waals surface area contributed by atoms with E-state index in [0.29, 0.717) is 12.2 Å². The number of halogens is 4. The molecule has 0 saturated heterocycles. The normalized spacial score (nSPS) is 25.8. The van der Waals surface area contributed by atoms with Gasteiger partial charge in [0.25, 0.3) is 11.8 Å². The van der Waals surface area contributed by atoms with Crippen LogP contribution in [0.2, 0.25) is 0 Å². The second-order valence-corrected chi connectivity index (χ2v) is 2.87. The molecule has 2 nitrogen and oxygen atoms in total. The van der Waals surface area contributed by atoms with Crippen LogP contribution in [0, 0.1) is 5.92 Å². The van der Waals surface area contributed by atoms with Crippen molar-refractivity contribution < 1.29 is 27.5 Å². The Morgan fingerprint density at radius 2 is 1.77 bits per heavy atom. The smallest absolute Gasteiger partial charge is 0.327 e. The van der Waals surface area contributed by atoms with E-state index in [1.807, 2.05) is 0 Å². The molecular formula is C7H6F4O2. The van der Waals surface area contributed by atoms with Crippen molar-refractivity contribution >= 4 is 5.97 Å². The van der Waals surface area contributed by atoms with E-state index in [9.17, 15) is 22.4 Å². The summed E-state index contributed by atoms with van der Waals surface area (Å²) in [4.78, 5) is 9.89. The van der Waals surface area contributed by atoms with E-state index in [1.54, 1.807) is 0 Å². The predicted octanol–water partition coefficient (Wildman–Crippen LogP) is 1.92. The Hall–Kier alpha value is -1.07. The molecule has 74 valence electrons. The summed E-state index contributed by atoms with van der Waals surface area (Å²) in [6, 6.07) is 0. The molecule has 0 heterocycles. The molecule has 0 aromatic rings. The summed E-state index contributed by atoms with van der Waals surface area (Å²) in [5, 5.41) is 8.05. The standard InChI is InChI=1S/C7H6F4O2/c8-6(9)3-7(10,11)4(6)1-2-5(12)13/h1-2,4H,3H2,(H,12,13). The summed E-state index contributed by atoms with van der Waals surface area (Å²) >= 11 is 0. The number of alkyl halides is 4. The Bertz CT molecular complexity index is 245. The third kappa shape index (κ3) is 1.81. The molecule has 1 rings (SSSR count). The average Bonchev–Trinajstić information content (AvgIpc) is 1.81. The molecule has 1 fully saturated rings. The summed E-state index contributed by atoms with van der Waals surface area (Å²) < 4.78 is 49.7. The van der Waals surface area contributed by atoms with Gasteiger partial charge in [-0.25, -0.2) is 22.4 Å². The number of carboxylic acids is 1. The van der Waals surface area contributed by atoms with Crippen LogP contribution < -0.4 is 0 Å². The highest BCUT2D eigenvalue weighted by atomic mass is 19.3. The van der Waals surface area contributed by atoms with E-state index in [4.69, 9.17) is 5.11 Å². The summed E-state index contributed by atoms with van der Waals surface area (Å²) in [5.74, 6) is -10.8. The summed E-state index contributed by atoms with van der Waals surface area (Å²) in [7, 11) is 0. The summed E-state index contributed by atoms with van der Waals surface area (Å²) in [5.41, 5.74) is 0. The average molecular weight is 198 g/mol. The second-order valence-electron chi connectivity index (χ2n) is 2.87. The van der Waals surface area contributed by atoms with Crippen LogP contribution in [0.25, 0.3) is 0 Å². The molecule has 0 amide bonds. The second kappa shape index (κ2) is 2.71. The summed E-state index contributed by atoms with van der Waals surface area (Å²) in [6.07, 6.45) is -0.855. The van der Waals surface area contributed by atoms with Crippen LogP contribution in [0.1, 0.15) is 6.42 Å². The molecule has 1 aliphatic carbocycles. The van der Waals surface area contributed by atoms with Crippen molar-refractivity contribution in [2.24, 2.45) is 5.92 Å². The van der Waals surface area contributed by atoms with Crippen molar-refractivity contribution in [3.05, 3.63) is 12.2 Å². The van der Waals surface area contributed by atoms with Gasteiger partial charge in [0.2, 0.25) is 0 Å². The van der Waals surface area contributed by atoms with Crippen LogP contribution in [0.5, 0.6) is 0 Å². The minimum absolute atomic E-state index is 0.311. The first-order chi connectivity index (χ1) is 5.76. The molecule has 0 bridgehead atoms. The third-order valence-corrected chi connectivity index (χ3v) is 1.81. The lowest BCUT2D eigenvalue weighted by Gasteiger charge is -2.42. The maximum absolute atomic E-state index is 12.4. The largest absolute Gasteiger partial charge is 0.478 e. The van der Waals surface area contributed by atoms with E-state index < -0.39 is 30.2 Å². The Labute approximate surface area is 70.9 Å². The Morgan fingerprint density at radius 3 is 2.08 bits per heavy atom. The summed E-state index contributed by atoms with van der Waals surface area (Å²) in [6.45, 7) is 0. The first-order valence-electron chi connectivity index (χ1n) is 3.42. The Balaban J connectivity index is 2.72. The number of carbonyl (C=O) groups is 1. The van der Waals surface area contributed by atoms with Gasteiger partial charge >= 0.3 is 5.97 Å². The van der Waals surface area contributed by atoms with E-state index in [0.717, 1.165) is 0 Å². The maximum Gasteiger partial charge on any atom is 0.327 e. The van der Waals surface area contributed by atoms with Crippen LogP contribution in [0.3, 0.4) is 0 Å². The number of carboxylic acid groups (broad SMARTS) is 1. The van der Waals surface area contributed by atoms with Gasteiger partial charge in [-0.1, -0.05) is 6.08 Å². The Kier molecular flexibility index (Phi) is 2.09. The maximum atomic E-state index is 12.4.